The molecule has 0 aliphatic heterocycles. The second-order valence-electron chi connectivity index (χ2n) is 4.35. The number of carbonyl (C=O) groups is 1. The fourth-order valence-electron chi connectivity index (χ4n) is 1.82. The summed E-state index contributed by atoms with van der Waals surface area (Å²) in [7, 11) is 1.32. The molecular weight excluding hydrogens is 254 g/mol. The molecule has 1 heterocycles. The normalized spacial score (nSPS) is 10.1. The highest BCUT2D eigenvalue weighted by Crippen LogP contribution is 2.15. The molecule has 20 heavy (non-hydrogen) atoms. The quantitative estimate of drug-likeness (QED) is 0.847. The van der Waals surface area contributed by atoms with Gasteiger partial charge in [0.1, 0.15) is 5.82 Å². The molecule has 1 aromatic heterocycles. The van der Waals surface area contributed by atoms with Crippen molar-refractivity contribution in [2.75, 3.05) is 12.4 Å². The Kier molecular flexibility index (Phi) is 4.65. The summed E-state index contributed by atoms with van der Waals surface area (Å²) in [6.45, 7) is 2.15. The van der Waals surface area contributed by atoms with Crippen LogP contribution in [0.5, 0.6) is 0 Å². The molecule has 1 aromatic carbocycles. The summed E-state index contributed by atoms with van der Waals surface area (Å²) in [4.78, 5) is 19.5. The van der Waals surface area contributed by atoms with E-state index in [4.69, 9.17) is 0 Å². The lowest BCUT2D eigenvalue weighted by molar-refractivity contribution is 0.0593. The second kappa shape index (κ2) is 6.65. The molecule has 2 aromatic rings. The Balaban J connectivity index is 2.11. The molecule has 0 aliphatic rings. The lowest BCUT2D eigenvalue weighted by atomic mass is 10.1. The van der Waals surface area contributed by atoms with Gasteiger partial charge in [0.25, 0.3) is 0 Å². The van der Waals surface area contributed by atoms with Crippen molar-refractivity contribution < 1.29 is 9.53 Å². The molecule has 0 bridgehead atoms. The minimum atomic E-state index is -0.501. The van der Waals surface area contributed by atoms with E-state index in [2.05, 4.69) is 39.1 Å². The summed E-state index contributed by atoms with van der Waals surface area (Å²) in [5, 5.41) is 3.11. The second-order valence-corrected chi connectivity index (χ2v) is 4.35. The Morgan fingerprint density at radius 3 is 2.65 bits per heavy atom. The number of methoxy groups -OCH3 is 1. The summed E-state index contributed by atoms with van der Waals surface area (Å²) in [5.74, 6) is 0.00980. The maximum atomic E-state index is 11.4. The highest BCUT2D eigenvalue weighted by atomic mass is 16.5. The van der Waals surface area contributed by atoms with Crippen LogP contribution in [0.4, 0.5) is 11.5 Å². The molecule has 0 saturated carbocycles. The Bertz CT molecular complexity index is 582. The molecule has 0 atom stereocenters. The van der Waals surface area contributed by atoms with Crippen molar-refractivity contribution in [2.45, 2.75) is 19.8 Å². The van der Waals surface area contributed by atoms with Gasteiger partial charge in [-0.25, -0.2) is 9.78 Å². The number of aromatic nitrogens is 2. The molecule has 104 valence electrons. The van der Waals surface area contributed by atoms with Gasteiger partial charge in [-0.15, -0.1) is 0 Å². The van der Waals surface area contributed by atoms with Crippen molar-refractivity contribution in [3.05, 3.63) is 47.9 Å². The van der Waals surface area contributed by atoms with Gasteiger partial charge in [0.05, 0.1) is 19.5 Å². The molecule has 0 spiro atoms. The van der Waals surface area contributed by atoms with Crippen LogP contribution < -0.4 is 5.32 Å². The highest BCUT2D eigenvalue weighted by molar-refractivity contribution is 5.87. The van der Waals surface area contributed by atoms with Crippen LogP contribution in [0.3, 0.4) is 0 Å². The minimum absolute atomic E-state index is 0.181. The Morgan fingerprint density at radius 1 is 1.25 bits per heavy atom. The van der Waals surface area contributed by atoms with Crippen LogP contribution in [0.15, 0.2) is 36.7 Å². The van der Waals surface area contributed by atoms with Gasteiger partial charge in [0.15, 0.2) is 5.69 Å². The van der Waals surface area contributed by atoms with E-state index in [1.807, 2.05) is 12.1 Å². The Labute approximate surface area is 118 Å². The fraction of sp³-hybridized carbons (Fsp3) is 0.267. The number of nitrogens with zero attached hydrogens (tertiary/aromatic N) is 2. The molecule has 2 rings (SSSR count). The Hall–Kier alpha value is -2.43. The molecular formula is C15H17N3O2. The van der Waals surface area contributed by atoms with Crippen molar-refractivity contribution in [3.8, 4) is 0 Å². The molecule has 0 aliphatic carbocycles. The predicted octanol–water partition coefficient (Wildman–Crippen LogP) is 2.96. The van der Waals surface area contributed by atoms with E-state index in [9.17, 15) is 4.79 Å². The van der Waals surface area contributed by atoms with Crippen LogP contribution in [0.2, 0.25) is 0 Å². The van der Waals surface area contributed by atoms with Crippen molar-refractivity contribution in [1.29, 1.82) is 0 Å². The largest absolute Gasteiger partial charge is 0.464 e. The fourth-order valence-corrected chi connectivity index (χ4v) is 1.82. The van der Waals surface area contributed by atoms with Crippen LogP contribution in [-0.2, 0) is 11.2 Å². The molecule has 0 amide bonds. The molecule has 0 saturated heterocycles. The topological polar surface area (TPSA) is 64.1 Å². The van der Waals surface area contributed by atoms with Gasteiger partial charge in [-0.05, 0) is 24.1 Å². The smallest absolute Gasteiger partial charge is 0.358 e. The van der Waals surface area contributed by atoms with E-state index in [0.29, 0.717) is 5.82 Å². The van der Waals surface area contributed by atoms with E-state index in [0.717, 1.165) is 18.5 Å². The average Bonchev–Trinajstić information content (AvgIpc) is 2.49. The van der Waals surface area contributed by atoms with E-state index in [1.54, 1.807) is 6.20 Å². The molecule has 5 nitrogen and oxygen atoms in total. The summed E-state index contributed by atoms with van der Waals surface area (Å²) < 4.78 is 4.61. The van der Waals surface area contributed by atoms with Crippen molar-refractivity contribution in [2.24, 2.45) is 0 Å². The van der Waals surface area contributed by atoms with Crippen molar-refractivity contribution >= 4 is 17.5 Å². The number of esters is 1. The van der Waals surface area contributed by atoms with E-state index < -0.39 is 5.97 Å². The maximum absolute atomic E-state index is 11.4. The molecule has 1 N–H and O–H groups in total. The van der Waals surface area contributed by atoms with Crippen molar-refractivity contribution in [1.82, 2.24) is 9.97 Å². The Morgan fingerprint density at radius 2 is 2.00 bits per heavy atom. The first kappa shape index (κ1) is 14.0. The van der Waals surface area contributed by atoms with Crippen LogP contribution in [-0.4, -0.2) is 23.0 Å². The SMILES string of the molecule is CCCc1ccc(Nc2cncc(C(=O)OC)n2)cc1. The van der Waals surface area contributed by atoms with Gasteiger partial charge in [-0.3, -0.25) is 4.98 Å². The molecule has 0 fully saturated rings. The summed E-state index contributed by atoms with van der Waals surface area (Å²) in [5.41, 5.74) is 2.38. The third-order valence-corrected chi connectivity index (χ3v) is 2.79. The van der Waals surface area contributed by atoms with Gasteiger partial charge in [0.2, 0.25) is 0 Å². The number of anilines is 2. The van der Waals surface area contributed by atoms with Gasteiger partial charge in [0, 0.05) is 5.69 Å². The van der Waals surface area contributed by atoms with E-state index in [-0.39, 0.29) is 5.69 Å². The lowest BCUT2D eigenvalue weighted by Crippen LogP contribution is -2.06. The third kappa shape index (κ3) is 3.54. The van der Waals surface area contributed by atoms with Gasteiger partial charge < -0.3 is 10.1 Å². The maximum Gasteiger partial charge on any atom is 0.358 e. The van der Waals surface area contributed by atoms with Gasteiger partial charge >= 0.3 is 5.97 Å². The van der Waals surface area contributed by atoms with Crippen molar-refractivity contribution in [3.63, 3.8) is 0 Å². The first-order valence-corrected chi connectivity index (χ1v) is 6.49. The molecule has 5 heteroatoms. The summed E-state index contributed by atoms with van der Waals surface area (Å²) >= 11 is 0. The molecule has 0 radical (unpaired) electrons. The number of rotatable bonds is 5. The zero-order valence-electron chi connectivity index (χ0n) is 11.6. The van der Waals surface area contributed by atoms with Crippen LogP contribution in [0.25, 0.3) is 0 Å². The third-order valence-electron chi connectivity index (χ3n) is 2.79. The zero-order chi connectivity index (χ0) is 14.4. The number of benzene rings is 1. The van der Waals surface area contributed by atoms with Gasteiger partial charge in [-0.1, -0.05) is 25.5 Å². The zero-order valence-corrected chi connectivity index (χ0v) is 11.6. The summed E-state index contributed by atoms with van der Waals surface area (Å²) in [6.07, 6.45) is 5.13. The van der Waals surface area contributed by atoms with E-state index in [1.165, 1.54) is 18.9 Å². The monoisotopic (exact) mass is 271 g/mol. The average molecular weight is 271 g/mol. The standard InChI is InChI=1S/C15H17N3O2/c1-3-4-11-5-7-12(8-6-11)17-14-10-16-9-13(18-14)15(19)20-2/h5-10H,3-4H2,1-2H3,(H,17,18). The van der Waals surface area contributed by atoms with E-state index >= 15 is 0 Å². The van der Waals surface area contributed by atoms with Crippen LogP contribution >= 0.6 is 0 Å². The number of nitrogens with one attached hydrogen (secondary N) is 1. The van der Waals surface area contributed by atoms with Crippen LogP contribution in [0.1, 0.15) is 29.4 Å². The number of carbonyl (C=O) groups excluding carboxylic acids is 1. The minimum Gasteiger partial charge on any atom is -0.464 e. The number of hydrogen-bond acceptors (Lipinski definition) is 5. The lowest BCUT2D eigenvalue weighted by Gasteiger charge is -2.07. The number of ether oxygens (including phenoxy) is 1. The predicted molar refractivity (Wildman–Crippen MR) is 77.1 cm³/mol. The molecule has 0 unspecified atom stereocenters. The first-order chi connectivity index (χ1) is 9.72. The van der Waals surface area contributed by atoms with Gasteiger partial charge in [-0.2, -0.15) is 0 Å². The summed E-state index contributed by atoms with van der Waals surface area (Å²) in [6, 6.07) is 8.11. The number of aryl methyl sites for hydroxylation is 1. The van der Waals surface area contributed by atoms with Crippen LogP contribution in [0, 0.1) is 0 Å². The first-order valence-electron chi connectivity index (χ1n) is 6.49. The number of hydrogen-bond donors (Lipinski definition) is 1. The highest BCUT2D eigenvalue weighted by Gasteiger charge is 2.08.